The molecule has 2 amide bonds. The van der Waals surface area contributed by atoms with E-state index in [1.165, 1.54) is 10.6 Å². The van der Waals surface area contributed by atoms with Crippen LogP contribution in [0.1, 0.15) is 38.9 Å². The van der Waals surface area contributed by atoms with E-state index in [0.29, 0.717) is 48.6 Å². The Labute approximate surface area is 204 Å². The maximum Gasteiger partial charge on any atom is 0.254 e. The van der Waals surface area contributed by atoms with Crippen LogP contribution in [0.25, 0.3) is 5.69 Å². The third-order valence-corrected chi connectivity index (χ3v) is 7.85. The molecular weight excluding hydrogens is 466 g/mol. The molecule has 1 atom stereocenters. The molecule has 0 aliphatic carbocycles. The van der Waals surface area contributed by atoms with Gasteiger partial charge in [0.25, 0.3) is 5.91 Å². The fourth-order valence-electron chi connectivity index (χ4n) is 5.06. The highest BCUT2D eigenvalue weighted by Gasteiger charge is 2.39. The summed E-state index contributed by atoms with van der Waals surface area (Å²) in [5.74, 6) is -0.510. The van der Waals surface area contributed by atoms with Crippen LogP contribution in [0.4, 0.5) is 5.69 Å². The number of piperazine rings is 1. The summed E-state index contributed by atoms with van der Waals surface area (Å²) >= 11 is 0. The maximum absolute atomic E-state index is 13.7. The van der Waals surface area contributed by atoms with E-state index < -0.39 is 16.1 Å². The Morgan fingerprint density at radius 3 is 2.54 bits per heavy atom. The summed E-state index contributed by atoms with van der Waals surface area (Å²) in [5, 5.41) is 7.56. The van der Waals surface area contributed by atoms with Crippen molar-refractivity contribution in [3.8, 4) is 5.69 Å². The van der Waals surface area contributed by atoms with Gasteiger partial charge in [-0.3, -0.25) is 13.9 Å². The summed E-state index contributed by atoms with van der Waals surface area (Å²) in [6, 6.07) is 13.9. The molecule has 0 radical (unpaired) electrons. The molecule has 2 aliphatic rings. The van der Waals surface area contributed by atoms with Gasteiger partial charge in [-0.05, 0) is 56.2 Å². The molecule has 9 nitrogen and oxygen atoms in total. The lowest BCUT2D eigenvalue weighted by Crippen LogP contribution is -2.52. The highest BCUT2D eigenvalue weighted by molar-refractivity contribution is 7.92. The second-order valence-corrected chi connectivity index (χ2v) is 10.9. The van der Waals surface area contributed by atoms with Crippen molar-refractivity contribution in [3.63, 3.8) is 0 Å². The number of benzene rings is 2. The highest BCUT2D eigenvalue weighted by Crippen LogP contribution is 2.34. The molecule has 1 saturated heterocycles. The average Bonchev–Trinajstić information content (AvgIpc) is 3.39. The Hall–Kier alpha value is -3.66. The van der Waals surface area contributed by atoms with Crippen molar-refractivity contribution >= 4 is 27.5 Å². The topological polar surface area (TPSA) is 105 Å². The van der Waals surface area contributed by atoms with Crippen molar-refractivity contribution < 1.29 is 18.0 Å². The number of nitrogens with zero attached hydrogens (tertiary/aromatic N) is 4. The first-order chi connectivity index (χ1) is 16.7. The van der Waals surface area contributed by atoms with Crippen LogP contribution in [0.3, 0.4) is 0 Å². The number of aryl methyl sites for hydroxylation is 1. The zero-order chi connectivity index (χ0) is 24.9. The summed E-state index contributed by atoms with van der Waals surface area (Å²) in [4.78, 5) is 28.4. The van der Waals surface area contributed by atoms with Crippen molar-refractivity contribution in [1.82, 2.24) is 20.0 Å². The predicted molar refractivity (Wildman–Crippen MR) is 132 cm³/mol. The van der Waals surface area contributed by atoms with E-state index in [1.54, 1.807) is 27.8 Å². The number of hydrogen-bond acceptors (Lipinski definition) is 5. The summed E-state index contributed by atoms with van der Waals surface area (Å²) in [6.07, 6.45) is 1.72. The molecule has 0 saturated carbocycles. The van der Waals surface area contributed by atoms with Crippen LogP contribution < -0.4 is 9.62 Å². The van der Waals surface area contributed by atoms with Gasteiger partial charge in [0.15, 0.2) is 0 Å². The Bertz CT molecular complexity index is 1430. The number of hydrogen-bond donors (Lipinski definition) is 1. The molecule has 182 valence electrons. The quantitative estimate of drug-likeness (QED) is 0.600. The predicted octanol–water partition coefficient (Wildman–Crippen LogP) is 2.12. The van der Waals surface area contributed by atoms with Crippen LogP contribution in [0.5, 0.6) is 0 Å². The Morgan fingerprint density at radius 1 is 1.09 bits per heavy atom. The number of nitrogens with one attached hydrogen (secondary N) is 1. The molecule has 1 unspecified atom stereocenters. The van der Waals surface area contributed by atoms with Gasteiger partial charge in [0.05, 0.1) is 23.3 Å². The van der Waals surface area contributed by atoms with E-state index in [-0.39, 0.29) is 11.8 Å². The summed E-state index contributed by atoms with van der Waals surface area (Å²) < 4.78 is 27.3. The van der Waals surface area contributed by atoms with E-state index in [9.17, 15) is 18.0 Å². The molecule has 1 N–H and O–H groups in total. The fraction of sp³-hybridized carbons (Fsp3) is 0.320. The van der Waals surface area contributed by atoms with Gasteiger partial charge in [-0.1, -0.05) is 18.2 Å². The minimum Gasteiger partial charge on any atom is -0.352 e. The van der Waals surface area contributed by atoms with Gasteiger partial charge in [-0.15, -0.1) is 0 Å². The minimum absolute atomic E-state index is 0.243. The molecule has 3 aromatic rings. The van der Waals surface area contributed by atoms with E-state index in [2.05, 4.69) is 10.4 Å². The molecule has 3 heterocycles. The van der Waals surface area contributed by atoms with Crippen molar-refractivity contribution in [3.05, 3.63) is 76.6 Å². The van der Waals surface area contributed by atoms with Gasteiger partial charge in [-0.2, -0.15) is 5.10 Å². The van der Waals surface area contributed by atoms with Gasteiger partial charge in [0, 0.05) is 36.5 Å². The van der Waals surface area contributed by atoms with E-state index in [4.69, 9.17) is 0 Å². The Morgan fingerprint density at radius 2 is 1.83 bits per heavy atom. The van der Waals surface area contributed by atoms with Crippen molar-refractivity contribution in [2.75, 3.05) is 30.2 Å². The van der Waals surface area contributed by atoms with Crippen LogP contribution in [0, 0.1) is 13.8 Å². The largest absolute Gasteiger partial charge is 0.352 e. The average molecular weight is 494 g/mol. The number of para-hydroxylation sites is 1. The second-order valence-electron chi connectivity index (χ2n) is 8.95. The van der Waals surface area contributed by atoms with Crippen molar-refractivity contribution in [1.29, 1.82) is 0 Å². The van der Waals surface area contributed by atoms with Crippen LogP contribution >= 0.6 is 0 Å². The zero-order valence-electron chi connectivity index (χ0n) is 19.9. The molecule has 2 aromatic carbocycles. The second kappa shape index (κ2) is 8.53. The lowest BCUT2D eigenvalue weighted by atomic mass is 9.98. The van der Waals surface area contributed by atoms with Crippen molar-refractivity contribution in [2.45, 2.75) is 26.3 Å². The van der Waals surface area contributed by atoms with E-state index >= 15 is 0 Å². The van der Waals surface area contributed by atoms with E-state index in [0.717, 1.165) is 16.9 Å². The monoisotopic (exact) mass is 493 g/mol. The number of carbonyl (C=O) groups is 2. The summed E-state index contributed by atoms with van der Waals surface area (Å²) in [7, 11) is -3.38. The van der Waals surface area contributed by atoms with E-state index in [1.807, 2.05) is 44.2 Å². The minimum atomic E-state index is -3.38. The lowest BCUT2D eigenvalue weighted by Gasteiger charge is -2.35. The third kappa shape index (κ3) is 3.97. The number of anilines is 1. The SMILES string of the molecule is Cc1nn(-c2ccccc2)c(C)c1C1C(=O)NCCN1C(=O)c1ccc2c(c1)CCN2S(C)(=O)=O. The molecule has 2 aliphatic heterocycles. The Kier molecular flexibility index (Phi) is 5.63. The molecule has 1 aromatic heterocycles. The number of rotatable bonds is 4. The smallest absolute Gasteiger partial charge is 0.254 e. The number of amides is 2. The highest BCUT2D eigenvalue weighted by atomic mass is 32.2. The Balaban J connectivity index is 1.52. The molecule has 5 rings (SSSR count). The van der Waals surface area contributed by atoms with Crippen LogP contribution in [-0.2, 0) is 21.2 Å². The van der Waals surface area contributed by atoms with Gasteiger partial charge >= 0.3 is 0 Å². The lowest BCUT2D eigenvalue weighted by molar-refractivity contribution is -0.128. The summed E-state index contributed by atoms with van der Waals surface area (Å²) in [5.41, 5.74) is 4.92. The molecule has 0 spiro atoms. The van der Waals surface area contributed by atoms with Crippen LogP contribution in [0.15, 0.2) is 48.5 Å². The van der Waals surface area contributed by atoms with Crippen LogP contribution in [0.2, 0.25) is 0 Å². The molecule has 35 heavy (non-hydrogen) atoms. The molecule has 1 fully saturated rings. The number of fused-ring (bicyclic) bond motifs is 1. The van der Waals surface area contributed by atoms with Gasteiger partial charge < -0.3 is 10.2 Å². The first kappa shape index (κ1) is 23.1. The standard InChI is InChI=1S/C25H27N5O4S/c1-16-22(17(2)30(27-16)20-7-5-4-6-8-20)23-24(31)26-12-14-28(23)25(32)19-9-10-21-18(15-19)11-13-29(21)35(3,33)34/h4-10,15,23H,11-14H2,1-3H3,(H,26,31). The number of sulfonamides is 1. The fourth-order valence-corrected chi connectivity index (χ4v) is 6.02. The van der Waals surface area contributed by atoms with Gasteiger partial charge in [0.2, 0.25) is 15.9 Å². The third-order valence-electron chi connectivity index (χ3n) is 6.67. The normalized spacial score (nSPS) is 17.9. The van der Waals surface area contributed by atoms with Crippen molar-refractivity contribution in [2.24, 2.45) is 0 Å². The first-order valence-electron chi connectivity index (χ1n) is 11.5. The molecular formula is C25H27N5O4S. The molecule has 10 heteroatoms. The van der Waals surface area contributed by atoms with Gasteiger partial charge in [-0.25, -0.2) is 13.1 Å². The summed E-state index contributed by atoms with van der Waals surface area (Å²) in [6.45, 7) is 4.83. The zero-order valence-corrected chi connectivity index (χ0v) is 20.7. The number of carbonyl (C=O) groups excluding carboxylic acids is 2. The number of aromatic nitrogens is 2. The first-order valence-corrected chi connectivity index (χ1v) is 13.3. The van der Waals surface area contributed by atoms with Crippen LogP contribution in [-0.4, -0.2) is 60.8 Å². The maximum atomic E-state index is 13.7. The molecule has 0 bridgehead atoms. The van der Waals surface area contributed by atoms with Gasteiger partial charge in [0.1, 0.15) is 6.04 Å².